The van der Waals surface area contributed by atoms with Crippen LogP contribution in [0.5, 0.6) is 5.75 Å². The van der Waals surface area contributed by atoms with Gasteiger partial charge < -0.3 is 19.9 Å². The molecule has 3 aliphatic heterocycles. The minimum absolute atomic E-state index is 0.0161. The summed E-state index contributed by atoms with van der Waals surface area (Å²) < 4.78 is 33.9. The molecule has 2 fully saturated rings. The fourth-order valence-electron chi connectivity index (χ4n) is 6.61. The molecule has 2 saturated heterocycles. The molecule has 0 saturated carbocycles. The van der Waals surface area contributed by atoms with Gasteiger partial charge in [-0.2, -0.15) is 0 Å². The number of nitrogens with zero attached hydrogens (tertiary/aromatic N) is 6. The van der Waals surface area contributed by atoms with Gasteiger partial charge in [-0.1, -0.05) is 47.5 Å². The van der Waals surface area contributed by atoms with Gasteiger partial charge in [-0.25, -0.2) is 17.5 Å². The predicted octanol–water partition coefficient (Wildman–Crippen LogP) is 3.88. The average molecular weight is 771 g/mol. The number of hydrogen-bond acceptors (Lipinski definition) is 8. The van der Waals surface area contributed by atoms with Gasteiger partial charge in [0.25, 0.3) is 0 Å². The number of rotatable bonds is 9. The molecule has 3 aliphatic rings. The minimum atomic E-state index is -3.87. The fourth-order valence-corrected chi connectivity index (χ4v) is 7.79. The lowest BCUT2D eigenvalue weighted by atomic mass is 9.93. The quantitative estimate of drug-likeness (QED) is 0.349. The largest absolute Gasteiger partial charge is 0.493 e. The van der Waals surface area contributed by atoms with E-state index in [-0.39, 0.29) is 61.4 Å². The maximum atomic E-state index is 15.0. The Morgan fingerprint density at radius 3 is 2.12 bits per heavy atom. The molecule has 4 amide bonds. The molecule has 276 valence electrons. The number of hydrogen-bond donors (Lipinski definition) is 1. The first-order valence-electron chi connectivity index (χ1n) is 17.0. The summed E-state index contributed by atoms with van der Waals surface area (Å²) in [5, 5.41) is 3.83. The van der Waals surface area contributed by atoms with Gasteiger partial charge >= 0.3 is 6.03 Å². The van der Waals surface area contributed by atoms with Crippen molar-refractivity contribution in [1.29, 1.82) is 0 Å². The lowest BCUT2D eigenvalue weighted by Gasteiger charge is -2.39. The molecular formula is C36H41Cl2N7O6S. The van der Waals surface area contributed by atoms with Crippen molar-refractivity contribution in [2.45, 2.75) is 23.9 Å². The van der Waals surface area contributed by atoms with Crippen molar-refractivity contribution in [2.75, 3.05) is 73.1 Å². The Balaban J connectivity index is 1.40. The number of sulfonamides is 1. The first-order valence-corrected chi connectivity index (χ1v) is 19.2. The van der Waals surface area contributed by atoms with E-state index in [1.807, 2.05) is 36.1 Å². The number of carbonyl (C=O) groups is 3. The topological polar surface area (TPSA) is 135 Å². The number of halogens is 2. The van der Waals surface area contributed by atoms with E-state index in [1.165, 1.54) is 26.2 Å². The van der Waals surface area contributed by atoms with E-state index in [0.29, 0.717) is 47.5 Å². The lowest BCUT2D eigenvalue weighted by molar-refractivity contribution is -0.135. The van der Waals surface area contributed by atoms with E-state index in [0.717, 1.165) is 15.4 Å². The molecule has 3 heterocycles. The number of piperazine rings is 2. The van der Waals surface area contributed by atoms with Gasteiger partial charge in [0, 0.05) is 63.4 Å². The molecule has 16 heteroatoms. The second-order valence-electron chi connectivity index (χ2n) is 12.9. The van der Waals surface area contributed by atoms with Crippen LogP contribution in [-0.4, -0.2) is 129 Å². The Kier molecular flexibility index (Phi) is 11.4. The molecule has 3 aromatic rings. The Bertz CT molecular complexity index is 1950. The number of ether oxygens (including phenoxy) is 1. The molecule has 0 aromatic heterocycles. The molecule has 3 aromatic carbocycles. The Morgan fingerprint density at radius 1 is 0.904 bits per heavy atom. The Labute approximate surface area is 313 Å². The first kappa shape index (κ1) is 37.5. The number of amides is 4. The van der Waals surface area contributed by atoms with Crippen LogP contribution in [0, 0.1) is 0 Å². The van der Waals surface area contributed by atoms with Crippen LogP contribution in [0.4, 0.5) is 4.79 Å². The van der Waals surface area contributed by atoms with Gasteiger partial charge in [-0.05, 0) is 60.5 Å². The van der Waals surface area contributed by atoms with Gasteiger partial charge in [-0.15, -0.1) is 0 Å². The molecule has 13 nitrogen and oxygen atoms in total. The molecule has 6 rings (SSSR count). The third kappa shape index (κ3) is 7.91. The summed E-state index contributed by atoms with van der Waals surface area (Å²) >= 11 is 12.6. The summed E-state index contributed by atoms with van der Waals surface area (Å²) in [6.45, 7) is 4.59. The van der Waals surface area contributed by atoms with Gasteiger partial charge in [0.1, 0.15) is 17.6 Å². The lowest BCUT2D eigenvalue weighted by Crippen LogP contribution is -2.57. The molecule has 0 radical (unpaired) electrons. The van der Waals surface area contributed by atoms with Crippen molar-refractivity contribution in [3.63, 3.8) is 0 Å². The van der Waals surface area contributed by atoms with Gasteiger partial charge in [0.15, 0.2) is 0 Å². The van der Waals surface area contributed by atoms with E-state index in [9.17, 15) is 22.8 Å². The zero-order valence-electron chi connectivity index (χ0n) is 29.2. The Morgan fingerprint density at radius 2 is 1.52 bits per heavy atom. The smallest absolute Gasteiger partial charge is 0.326 e. The number of carbonyl (C=O) groups excluding carboxylic acids is 3. The van der Waals surface area contributed by atoms with Crippen LogP contribution in [0.1, 0.15) is 35.7 Å². The van der Waals surface area contributed by atoms with Crippen LogP contribution in [0.2, 0.25) is 10.0 Å². The highest BCUT2D eigenvalue weighted by Gasteiger charge is 2.45. The van der Waals surface area contributed by atoms with Crippen molar-refractivity contribution < 1.29 is 27.5 Å². The maximum Gasteiger partial charge on any atom is 0.326 e. The SMILES string of the molecule is CCOc1ccc(S(=O)(=O)N(C)C)cc1C1=NC(c2ccc(Cl)cc2)C(c2ccc(Cl)cc2)N1C(=O)N1CCN(C(=O)CN2CCNC(=O)C2)CC1. The maximum absolute atomic E-state index is 15.0. The molecule has 52 heavy (non-hydrogen) atoms. The van der Waals surface area contributed by atoms with E-state index in [2.05, 4.69) is 5.32 Å². The van der Waals surface area contributed by atoms with Crippen molar-refractivity contribution >= 4 is 56.9 Å². The summed E-state index contributed by atoms with van der Waals surface area (Å²) in [5.74, 6) is 0.394. The van der Waals surface area contributed by atoms with Gasteiger partial charge in [0.2, 0.25) is 21.8 Å². The minimum Gasteiger partial charge on any atom is -0.493 e. The fraction of sp³-hybridized carbons (Fsp3) is 0.389. The van der Waals surface area contributed by atoms with E-state index >= 15 is 0 Å². The summed E-state index contributed by atoms with van der Waals surface area (Å²) in [4.78, 5) is 52.1. The first-order chi connectivity index (χ1) is 24.9. The van der Waals surface area contributed by atoms with Crippen LogP contribution in [0.15, 0.2) is 76.6 Å². The third-order valence-electron chi connectivity index (χ3n) is 9.35. The number of aliphatic imine (C=N–C) groups is 1. The van der Waals surface area contributed by atoms with E-state index in [1.54, 1.807) is 45.0 Å². The Hall–Kier alpha value is -4.21. The zero-order chi connectivity index (χ0) is 37.2. The van der Waals surface area contributed by atoms with Crippen molar-refractivity contribution in [3.8, 4) is 5.75 Å². The number of nitrogens with one attached hydrogen (secondary N) is 1. The summed E-state index contributed by atoms with van der Waals surface area (Å²) in [6, 6.07) is 17.4. The number of amidine groups is 1. The average Bonchev–Trinajstić information content (AvgIpc) is 3.52. The van der Waals surface area contributed by atoms with Gasteiger partial charge in [0.05, 0.1) is 36.2 Å². The van der Waals surface area contributed by atoms with Crippen LogP contribution in [0.25, 0.3) is 0 Å². The number of benzene rings is 3. The van der Waals surface area contributed by atoms with Crippen molar-refractivity contribution in [1.82, 2.24) is 29.2 Å². The van der Waals surface area contributed by atoms with Crippen molar-refractivity contribution in [3.05, 3.63) is 93.5 Å². The van der Waals surface area contributed by atoms with Crippen molar-refractivity contribution in [2.24, 2.45) is 4.99 Å². The molecule has 1 N–H and O–H groups in total. The molecule has 0 spiro atoms. The monoisotopic (exact) mass is 769 g/mol. The predicted molar refractivity (Wildman–Crippen MR) is 198 cm³/mol. The molecule has 2 unspecified atom stereocenters. The van der Waals surface area contributed by atoms with Crippen LogP contribution in [0.3, 0.4) is 0 Å². The summed E-state index contributed by atoms with van der Waals surface area (Å²) in [6.07, 6.45) is 0. The standard InChI is InChI=1S/C36H41Cl2N7O6S/c1-4-51-30-14-13-28(52(49,50)41(2)3)21-29(30)35-40-33(24-5-9-26(37)10-6-24)34(25-7-11-27(38)12-8-25)45(35)36(48)44-19-17-43(18-20-44)32(47)23-42-16-15-39-31(46)22-42/h5-14,21,33-34H,4,15-20,22-23H2,1-3H3,(H,39,46). The van der Waals surface area contributed by atoms with Crippen LogP contribution in [-0.2, 0) is 19.6 Å². The zero-order valence-corrected chi connectivity index (χ0v) is 31.5. The number of urea groups is 1. The molecule has 0 aliphatic carbocycles. The second kappa shape index (κ2) is 15.8. The second-order valence-corrected chi connectivity index (χ2v) is 15.9. The molecule has 2 atom stereocenters. The highest BCUT2D eigenvalue weighted by Crippen LogP contribution is 2.46. The normalized spacial score (nSPS) is 19.8. The summed E-state index contributed by atoms with van der Waals surface area (Å²) in [5.41, 5.74) is 1.88. The third-order valence-corrected chi connectivity index (χ3v) is 11.7. The highest BCUT2D eigenvalue weighted by molar-refractivity contribution is 7.89. The molecular weight excluding hydrogens is 729 g/mol. The van der Waals surface area contributed by atoms with E-state index in [4.69, 9.17) is 32.9 Å². The van der Waals surface area contributed by atoms with Crippen LogP contribution < -0.4 is 10.1 Å². The highest BCUT2D eigenvalue weighted by atomic mass is 35.5. The van der Waals surface area contributed by atoms with Crippen LogP contribution >= 0.6 is 23.2 Å². The van der Waals surface area contributed by atoms with Gasteiger partial charge in [-0.3, -0.25) is 24.4 Å². The van der Waals surface area contributed by atoms with E-state index < -0.39 is 22.1 Å². The summed E-state index contributed by atoms with van der Waals surface area (Å²) in [7, 11) is -0.964. The molecule has 0 bridgehead atoms.